The highest BCUT2D eigenvalue weighted by Gasteiger charge is 2.45. The van der Waals surface area contributed by atoms with E-state index in [0.717, 1.165) is 17.4 Å². The summed E-state index contributed by atoms with van der Waals surface area (Å²) in [7, 11) is 0. The molecular weight excluding hydrogens is 368 g/mol. The van der Waals surface area contributed by atoms with Crippen molar-refractivity contribution in [2.75, 3.05) is 13.4 Å². The Bertz CT molecular complexity index is 686. The molecule has 1 aromatic carbocycles. The monoisotopic (exact) mass is 402 g/mol. The molecule has 5 heteroatoms. The van der Waals surface area contributed by atoms with Gasteiger partial charge in [0.2, 0.25) is 0 Å². The van der Waals surface area contributed by atoms with Crippen LogP contribution in [0.25, 0.3) is 0 Å². The Kier molecular flexibility index (Phi) is 7.33. The number of carboxylic acids is 1. The first-order valence-corrected chi connectivity index (χ1v) is 10.9. The van der Waals surface area contributed by atoms with Crippen molar-refractivity contribution >= 4 is 11.9 Å². The second-order valence-corrected chi connectivity index (χ2v) is 9.09. The first kappa shape index (κ1) is 21.8. The molecule has 3 rings (SSSR count). The summed E-state index contributed by atoms with van der Waals surface area (Å²) in [6.45, 7) is 6.41. The standard InChI is InChI=1S/C24H34O5/c1-15(18-7-5-4-6-8-18)11-21(17(3)23(25)26)24(27)29-14-28-13-22-16(2)19-9-10-20(22)12-19/h4-8,15-17,19-22H,9-14H2,1-3H3,(H,25,26). The van der Waals surface area contributed by atoms with Gasteiger partial charge in [-0.2, -0.15) is 0 Å². The largest absolute Gasteiger partial charge is 0.481 e. The predicted octanol–water partition coefficient (Wildman–Crippen LogP) is 4.72. The van der Waals surface area contributed by atoms with E-state index < -0.39 is 23.8 Å². The van der Waals surface area contributed by atoms with Crippen molar-refractivity contribution in [3.05, 3.63) is 35.9 Å². The zero-order valence-corrected chi connectivity index (χ0v) is 17.8. The summed E-state index contributed by atoms with van der Waals surface area (Å²) in [4.78, 5) is 24.2. The van der Waals surface area contributed by atoms with E-state index in [4.69, 9.17) is 9.47 Å². The molecule has 160 valence electrons. The van der Waals surface area contributed by atoms with Crippen LogP contribution in [0.2, 0.25) is 0 Å². The SMILES string of the molecule is CC(CC(C(=O)OCOCC1C2CCC(C2)C1C)C(C)C(=O)O)c1ccccc1. The van der Waals surface area contributed by atoms with Gasteiger partial charge in [0, 0.05) is 0 Å². The van der Waals surface area contributed by atoms with Crippen molar-refractivity contribution in [2.45, 2.75) is 52.4 Å². The Hall–Kier alpha value is -1.88. The van der Waals surface area contributed by atoms with Crippen molar-refractivity contribution in [2.24, 2.45) is 35.5 Å². The van der Waals surface area contributed by atoms with Gasteiger partial charge in [-0.05, 0) is 60.8 Å². The van der Waals surface area contributed by atoms with Crippen molar-refractivity contribution in [3.63, 3.8) is 0 Å². The highest BCUT2D eigenvalue weighted by Crippen LogP contribution is 2.52. The Labute approximate surface area is 173 Å². The minimum Gasteiger partial charge on any atom is -0.481 e. The van der Waals surface area contributed by atoms with Crippen LogP contribution < -0.4 is 0 Å². The number of fused-ring (bicyclic) bond motifs is 2. The fourth-order valence-electron chi connectivity index (χ4n) is 5.35. The maximum Gasteiger partial charge on any atom is 0.311 e. The highest BCUT2D eigenvalue weighted by atomic mass is 16.7. The number of esters is 1. The molecule has 1 aromatic rings. The van der Waals surface area contributed by atoms with Gasteiger partial charge in [-0.1, -0.05) is 51.1 Å². The van der Waals surface area contributed by atoms with Gasteiger partial charge in [0.15, 0.2) is 6.79 Å². The average molecular weight is 403 g/mol. The molecule has 2 aliphatic carbocycles. The Morgan fingerprint density at radius 2 is 1.83 bits per heavy atom. The minimum absolute atomic E-state index is 0.0614. The van der Waals surface area contributed by atoms with Gasteiger partial charge in [0.05, 0.1) is 18.4 Å². The molecule has 0 heterocycles. The normalized spacial score (nSPS) is 28.7. The third kappa shape index (κ3) is 5.19. The lowest BCUT2D eigenvalue weighted by molar-refractivity contribution is -0.169. The maximum absolute atomic E-state index is 12.7. The van der Waals surface area contributed by atoms with Crippen LogP contribution in [0.5, 0.6) is 0 Å². The van der Waals surface area contributed by atoms with Gasteiger partial charge in [-0.25, -0.2) is 0 Å². The lowest BCUT2D eigenvalue weighted by atomic mass is 9.81. The first-order chi connectivity index (χ1) is 13.9. The summed E-state index contributed by atoms with van der Waals surface area (Å²) in [6.07, 6.45) is 4.37. The highest BCUT2D eigenvalue weighted by molar-refractivity contribution is 5.80. The number of carbonyl (C=O) groups excluding carboxylic acids is 1. The number of aliphatic carboxylic acids is 1. The average Bonchev–Trinajstić information content (AvgIpc) is 3.31. The van der Waals surface area contributed by atoms with Crippen LogP contribution in [0, 0.1) is 35.5 Å². The van der Waals surface area contributed by atoms with Gasteiger partial charge in [-0.15, -0.1) is 0 Å². The molecule has 1 N–H and O–H groups in total. The zero-order chi connectivity index (χ0) is 21.0. The van der Waals surface area contributed by atoms with Crippen molar-refractivity contribution < 1.29 is 24.2 Å². The van der Waals surface area contributed by atoms with Crippen LogP contribution in [-0.2, 0) is 19.1 Å². The van der Waals surface area contributed by atoms with Gasteiger partial charge in [0.1, 0.15) is 0 Å². The van der Waals surface area contributed by atoms with Crippen molar-refractivity contribution in [1.82, 2.24) is 0 Å². The van der Waals surface area contributed by atoms with Gasteiger partial charge in [-0.3, -0.25) is 9.59 Å². The van der Waals surface area contributed by atoms with E-state index in [0.29, 0.717) is 24.9 Å². The number of benzene rings is 1. The lowest BCUT2D eigenvalue weighted by Gasteiger charge is -2.28. The number of rotatable bonds is 10. The molecule has 7 atom stereocenters. The molecule has 29 heavy (non-hydrogen) atoms. The van der Waals surface area contributed by atoms with E-state index in [9.17, 15) is 14.7 Å². The van der Waals surface area contributed by atoms with E-state index in [1.807, 2.05) is 37.3 Å². The number of carboxylic acid groups (broad SMARTS) is 1. The summed E-state index contributed by atoms with van der Waals surface area (Å²) in [6, 6.07) is 9.83. The number of ether oxygens (including phenoxy) is 2. The summed E-state index contributed by atoms with van der Waals surface area (Å²) in [5.41, 5.74) is 1.09. The van der Waals surface area contributed by atoms with Crippen LogP contribution in [0.1, 0.15) is 57.9 Å². The predicted molar refractivity (Wildman–Crippen MR) is 110 cm³/mol. The third-order valence-electron chi connectivity index (χ3n) is 7.40. The molecule has 2 aliphatic rings. The topological polar surface area (TPSA) is 72.8 Å². The van der Waals surface area contributed by atoms with Crippen molar-refractivity contribution in [1.29, 1.82) is 0 Å². The molecule has 2 fully saturated rings. The smallest absolute Gasteiger partial charge is 0.311 e. The quantitative estimate of drug-likeness (QED) is 0.348. The molecule has 0 radical (unpaired) electrons. The molecule has 0 aromatic heterocycles. The Morgan fingerprint density at radius 3 is 2.45 bits per heavy atom. The summed E-state index contributed by atoms with van der Waals surface area (Å²) < 4.78 is 11.1. The molecule has 0 amide bonds. The molecule has 2 saturated carbocycles. The van der Waals surface area contributed by atoms with E-state index in [2.05, 4.69) is 6.92 Å². The minimum atomic E-state index is -0.982. The van der Waals surface area contributed by atoms with Crippen LogP contribution >= 0.6 is 0 Å². The third-order valence-corrected chi connectivity index (χ3v) is 7.40. The second-order valence-electron chi connectivity index (χ2n) is 9.09. The number of carbonyl (C=O) groups is 2. The van der Waals surface area contributed by atoms with E-state index >= 15 is 0 Å². The molecule has 2 bridgehead atoms. The Morgan fingerprint density at radius 1 is 1.14 bits per heavy atom. The van der Waals surface area contributed by atoms with E-state index in [-0.39, 0.29) is 12.7 Å². The summed E-state index contributed by atoms with van der Waals surface area (Å²) in [5.74, 6) is -0.102. The van der Waals surface area contributed by atoms with Crippen molar-refractivity contribution in [3.8, 4) is 0 Å². The summed E-state index contributed by atoms with van der Waals surface area (Å²) in [5, 5.41) is 9.45. The number of hydrogen-bond donors (Lipinski definition) is 1. The van der Waals surface area contributed by atoms with Crippen LogP contribution in [0.4, 0.5) is 0 Å². The molecule has 0 spiro atoms. The first-order valence-electron chi connectivity index (χ1n) is 10.9. The molecule has 7 unspecified atom stereocenters. The van der Waals surface area contributed by atoms with Gasteiger partial charge < -0.3 is 14.6 Å². The lowest BCUT2D eigenvalue weighted by Crippen LogP contribution is -2.31. The molecule has 0 aliphatic heterocycles. The number of hydrogen-bond acceptors (Lipinski definition) is 4. The van der Waals surface area contributed by atoms with E-state index in [1.165, 1.54) is 19.3 Å². The van der Waals surface area contributed by atoms with Crippen LogP contribution in [0.3, 0.4) is 0 Å². The molecule has 0 saturated heterocycles. The fraction of sp³-hybridized carbons (Fsp3) is 0.667. The van der Waals surface area contributed by atoms with E-state index in [1.54, 1.807) is 6.92 Å². The van der Waals surface area contributed by atoms with Gasteiger partial charge in [0.25, 0.3) is 0 Å². The molecular formula is C24H34O5. The maximum atomic E-state index is 12.7. The fourth-order valence-corrected chi connectivity index (χ4v) is 5.35. The van der Waals surface area contributed by atoms with Crippen LogP contribution in [0.15, 0.2) is 30.3 Å². The van der Waals surface area contributed by atoms with Crippen LogP contribution in [-0.4, -0.2) is 30.4 Å². The summed E-state index contributed by atoms with van der Waals surface area (Å²) >= 11 is 0. The second kappa shape index (κ2) is 9.75. The zero-order valence-electron chi connectivity index (χ0n) is 17.8. The Balaban J connectivity index is 1.50. The molecule has 5 nitrogen and oxygen atoms in total. The van der Waals surface area contributed by atoms with Gasteiger partial charge >= 0.3 is 11.9 Å².